The standard InChI is InChI=1S/C20H21F6N7O2/c1-9(19(21,22)23)34-13-5-6-14(20(24,25)26)33-16(13)28-17(31-33)27-15-11-3-4-12(15)8-32(7-11)18-30-29-10(2)35-18/h5-6,9,11-12,15H,3-4,7-8H2,1-2H3,(H,27,31). The van der Waals surface area contributed by atoms with Gasteiger partial charge in [-0.25, -0.2) is 4.52 Å². The molecule has 1 saturated heterocycles. The Morgan fingerprint density at radius 2 is 1.77 bits per heavy atom. The molecule has 5 rings (SSSR count). The number of nitrogens with one attached hydrogen (secondary N) is 1. The molecule has 3 aromatic heterocycles. The minimum atomic E-state index is -4.80. The molecule has 2 bridgehead atoms. The summed E-state index contributed by atoms with van der Waals surface area (Å²) in [6.45, 7) is 3.64. The molecule has 1 aliphatic carbocycles. The summed E-state index contributed by atoms with van der Waals surface area (Å²) >= 11 is 0. The molecule has 0 radical (unpaired) electrons. The number of anilines is 2. The summed E-state index contributed by atoms with van der Waals surface area (Å²) in [6.07, 6.45) is -10.0. The van der Waals surface area contributed by atoms with Crippen LogP contribution in [0.25, 0.3) is 5.65 Å². The SMILES string of the molecule is Cc1nnc(N2CC3CCC(C2)C3Nc2nc3c(OC(C)C(F)(F)F)ccc(C(F)(F)F)n3n2)o1. The van der Waals surface area contributed by atoms with Gasteiger partial charge in [0.05, 0.1) is 0 Å². The Morgan fingerprint density at radius 1 is 1.09 bits per heavy atom. The summed E-state index contributed by atoms with van der Waals surface area (Å²) in [7, 11) is 0. The number of pyridine rings is 1. The summed E-state index contributed by atoms with van der Waals surface area (Å²) < 4.78 is 90.5. The molecule has 3 unspecified atom stereocenters. The average Bonchev–Trinajstić information content (AvgIpc) is 3.43. The summed E-state index contributed by atoms with van der Waals surface area (Å²) in [4.78, 5) is 6.06. The first-order chi connectivity index (χ1) is 16.4. The number of hydrogen-bond donors (Lipinski definition) is 1. The van der Waals surface area contributed by atoms with E-state index in [1.165, 1.54) is 0 Å². The molecule has 2 fully saturated rings. The van der Waals surface area contributed by atoms with Gasteiger partial charge in [0.1, 0.15) is 5.69 Å². The molecule has 3 aromatic rings. The summed E-state index contributed by atoms with van der Waals surface area (Å²) in [5.41, 5.74) is -1.63. The van der Waals surface area contributed by atoms with E-state index in [1.54, 1.807) is 6.92 Å². The number of ether oxygens (including phenoxy) is 1. The summed E-state index contributed by atoms with van der Waals surface area (Å²) in [5.74, 6) is 0.0919. The van der Waals surface area contributed by atoms with Crippen molar-refractivity contribution in [2.45, 2.75) is 51.2 Å². The average molecular weight is 505 g/mol. The lowest BCUT2D eigenvalue weighted by Gasteiger charge is -2.37. The van der Waals surface area contributed by atoms with Crippen LogP contribution in [0.3, 0.4) is 0 Å². The van der Waals surface area contributed by atoms with Crippen LogP contribution in [0.4, 0.5) is 38.3 Å². The van der Waals surface area contributed by atoms with Crippen LogP contribution in [0.15, 0.2) is 16.5 Å². The fourth-order valence-electron chi connectivity index (χ4n) is 4.74. The molecule has 0 spiro atoms. The number of aromatic nitrogens is 5. The number of alkyl halides is 6. The lowest BCUT2D eigenvalue weighted by Crippen LogP contribution is -2.48. The third kappa shape index (κ3) is 4.43. The smallest absolute Gasteiger partial charge is 0.433 e. The highest BCUT2D eigenvalue weighted by Crippen LogP contribution is 2.40. The van der Waals surface area contributed by atoms with E-state index in [9.17, 15) is 26.3 Å². The van der Waals surface area contributed by atoms with Gasteiger partial charge in [0.15, 0.2) is 17.5 Å². The molecule has 4 heterocycles. The Hall–Kier alpha value is -3.26. The van der Waals surface area contributed by atoms with Gasteiger partial charge in [0.2, 0.25) is 11.8 Å². The highest BCUT2D eigenvalue weighted by molar-refractivity contribution is 5.57. The first-order valence-electron chi connectivity index (χ1n) is 10.9. The number of nitrogens with zero attached hydrogens (tertiary/aromatic N) is 6. The monoisotopic (exact) mass is 505 g/mol. The van der Waals surface area contributed by atoms with E-state index in [0.29, 0.717) is 35.6 Å². The lowest BCUT2D eigenvalue weighted by molar-refractivity contribution is -0.189. The molecular weight excluding hydrogens is 484 g/mol. The maximum atomic E-state index is 13.6. The van der Waals surface area contributed by atoms with E-state index in [-0.39, 0.29) is 23.8 Å². The van der Waals surface area contributed by atoms with E-state index in [4.69, 9.17) is 9.15 Å². The number of aryl methyl sites for hydroxylation is 1. The third-order valence-electron chi connectivity index (χ3n) is 6.42. The maximum absolute atomic E-state index is 13.6. The Bertz CT molecular complexity index is 1210. The van der Waals surface area contributed by atoms with Gasteiger partial charge in [-0.3, -0.25) is 0 Å². The van der Waals surface area contributed by atoms with Gasteiger partial charge in [-0.2, -0.15) is 31.3 Å². The minimum Gasteiger partial charge on any atom is -0.477 e. The van der Waals surface area contributed by atoms with E-state index in [0.717, 1.165) is 25.8 Å². The topological polar surface area (TPSA) is 93.6 Å². The van der Waals surface area contributed by atoms with E-state index in [1.807, 2.05) is 4.90 Å². The zero-order valence-electron chi connectivity index (χ0n) is 18.6. The molecule has 9 nitrogen and oxygen atoms in total. The van der Waals surface area contributed by atoms with Crippen LogP contribution in [-0.2, 0) is 6.18 Å². The number of hydrogen-bond acceptors (Lipinski definition) is 8. The van der Waals surface area contributed by atoms with Gasteiger partial charge in [0, 0.05) is 26.1 Å². The van der Waals surface area contributed by atoms with Crippen molar-refractivity contribution >= 4 is 17.6 Å². The fraction of sp³-hybridized carbons (Fsp3) is 0.600. The van der Waals surface area contributed by atoms with Crippen molar-refractivity contribution in [2.24, 2.45) is 11.8 Å². The minimum absolute atomic E-state index is 0.107. The molecule has 15 heteroatoms. The fourth-order valence-corrected chi connectivity index (χ4v) is 4.74. The first-order valence-corrected chi connectivity index (χ1v) is 10.9. The number of rotatable bonds is 5. The highest BCUT2D eigenvalue weighted by Gasteiger charge is 2.44. The van der Waals surface area contributed by atoms with Crippen molar-refractivity contribution in [3.8, 4) is 5.75 Å². The van der Waals surface area contributed by atoms with Crippen LogP contribution in [-0.4, -0.2) is 56.2 Å². The van der Waals surface area contributed by atoms with Gasteiger partial charge in [-0.15, -0.1) is 10.2 Å². The third-order valence-corrected chi connectivity index (χ3v) is 6.42. The van der Waals surface area contributed by atoms with Crippen molar-refractivity contribution in [1.82, 2.24) is 24.8 Å². The van der Waals surface area contributed by atoms with E-state index < -0.39 is 35.5 Å². The predicted molar refractivity (Wildman–Crippen MR) is 109 cm³/mol. The molecule has 190 valence electrons. The summed E-state index contributed by atoms with van der Waals surface area (Å²) in [6, 6.07) is 1.73. The normalized spacial score (nSPS) is 23.7. The Kier molecular flexibility index (Phi) is 5.47. The predicted octanol–water partition coefficient (Wildman–Crippen LogP) is 4.10. The summed E-state index contributed by atoms with van der Waals surface area (Å²) in [5, 5.41) is 14.9. The molecule has 0 aromatic carbocycles. The van der Waals surface area contributed by atoms with Gasteiger partial charge in [-0.05, 0) is 43.7 Å². The molecule has 1 saturated carbocycles. The van der Waals surface area contributed by atoms with Crippen molar-refractivity contribution < 1.29 is 35.5 Å². The van der Waals surface area contributed by atoms with Gasteiger partial charge >= 0.3 is 18.4 Å². The van der Waals surface area contributed by atoms with Gasteiger partial charge < -0.3 is 19.4 Å². The Balaban J connectivity index is 1.42. The number of halogens is 6. The van der Waals surface area contributed by atoms with Crippen LogP contribution in [0.5, 0.6) is 5.75 Å². The second-order valence-corrected chi connectivity index (χ2v) is 8.83. The maximum Gasteiger partial charge on any atom is 0.433 e. The van der Waals surface area contributed by atoms with Gasteiger partial charge in [0.25, 0.3) is 0 Å². The number of fused-ring (bicyclic) bond motifs is 3. The molecule has 0 amide bonds. The Labute approximate surface area is 194 Å². The van der Waals surface area contributed by atoms with Crippen molar-refractivity contribution in [2.75, 3.05) is 23.3 Å². The first kappa shape index (κ1) is 23.5. The molecule has 3 atom stereocenters. The van der Waals surface area contributed by atoms with Crippen molar-refractivity contribution in [1.29, 1.82) is 0 Å². The van der Waals surface area contributed by atoms with Crippen LogP contribution in [0.2, 0.25) is 0 Å². The molecule has 1 aliphatic heterocycles. The molecular formula is C20H21F6N7O2. The molecule has 2 aliphatic rings. The van der Waals surface area contributed by atoms with Crippen LogP contribution < -0.4 is 15.0 Å². The quantitative estimate of drug-likeness (QED) is 0.519. The second-order valence-electron chi connectivity index (χ2n) is 8.83. The van der Waals surface area contributed by atoms with E-state index in [2.05, 4.69) is 25.6 Å². The Morgan fingerprint density at radius 3 is 2.34 bits per heavy atom. The van der Waals surface area contributed by atoms with Gasteiger partial charge in [-0.1, -0.05) is 5.10 Å². The molecule has 1 N–H and O–H groups in total. The van der Waals surface area contributed by atoms with E-state index >= 15 is 0 Å². The van der Waals surface area contributed by atoms with Crippen LogP contribution >= 0.6 is 0 Å². The second kappa shape index (κ2) is 8.16. The van der Waals surface area contributed by atoms with Crippen LogP contribution in [0.1, 0.15) is 31.4 Å². The van der Waals surface area contributed by atoms with Crippen molar-refractivity contribution in [3.63, 3.8) is 0 Å². The zero-order valence-corrected chi connectivity index (χ0v) is 18.6. The number of piperidine rings is 1. The highest BCUT2D eigenvalue weighted by atomic mass is 19.4. The largest absolute Gasteiger partial charge is 0.477 e. The zero-order chi connectivity index (χ0) is 25.1. The lowest BCUT2D eigenvalue weighted by atomic mass is 9.92. The van der Waals surface area contributed by atoms with Crippen molar-refractivity contribution in [3.05, 3.63) is 23.7 Å². The van der Waals surface area contributed by atoms with Crippen LogP contribution in [0, 0.1) is 18.8 Å². The molecule has 35 heavy (non-hydrogen) atoms.